The number of anilines is 2. The lowest BCUT2D eigenvalue weighted by Crippen LogP contribution is -2.17. The van der Waals surface area contributed by atoms with E-state index in [0.29, 0.717) is 11.6 Å². The highest BCUT2D eigenvalue weighted by Crippen LogP contribution is 2.33. The molecule has 0 aromatic heterocycles. The van der Waals surface area contributed by atoms with Crippen molar-refractivity contribution in [2.75, 3.05) is 11.1 Å². The molecule has 3 heteroatoms. The molecule has 0 bridgehead atoms. The maximum Gasteiger partial charge on any atom is 0.0991 e. The summed E-state index contributed by atoms with van der Waals surface area (Å²) in [5, 5.41) is 12.4. The summed E-state index contributed by atoms with van der Waals surface area (Å²) >= 11 is 0. The van der Waals surface area contributed by atoms with Crippen LogP contribution in [0.1, 0.15) is 35.6 Å². The highest BCUT2D eigenvalue weighted by atomic mass is 14.9. The van der Waals surface area contributed by atoms with Gasteiger partial charge < -0.3 is 11.1 Å². The minimum Gasteiger partial charge on any atom is -0.399 e. The van der Waals surface area contributed by atoms with E-state index in [1.807, 2.05) is 30.3 Å². The summed E-state index contributed by atoms with van der Waals surface area (Å²) in [6.45, 7) is 0. The number of nitriles is 1. The maximum atomic E-state index is 8.82. The molecule has 2 aromatic rings. The minimum absolute atomic E-state index is 0.326. The van der Waals surface area contributed by atoms with Crippen LogP contribution in [0.25, 0.3) is 0 Å². The van der Waals surface area contributed by atoms with E-state index in [-0.39, 0.29) is 0 Å². The Morgan fingerprint density at radius 3 is 2.70 bits per heavy atom. The van der Waals surface area contributed by atoms with E-state index >= 15 is 0 Å². The fourth-order valence-corrected chi connectivity index (χ4v) is 2.83. The second kappa shape index (κ2) is 5.26. The average Bonchev–Trinajstić information content (AvgIpc) is 2.48. The van der Waals surface area contributed by atoms with Gasteiger partial charge in [0.15, 0.2) is 0 Å². The summed E-state index contributed by atoms with van der Waals surface area (Å²) in [7, 11) is 0. The number of benzene rings is 2. The SMILES string of the molecule is N#Cc1ccc(NC2CCCc3cc(N)ccc32)cc1. The van der Waals surface area contributed by atoms with Crippen LogP contribution in [0.5, 0.6) is 0 Å². The second-order valence-corrected chi connectivity index (χ2v) is 5.24. The summed E-state index contributed by atoms with van der Waals surface area (Å²) in [5.74, 6) is 0. The monoisotopic (exact) mass is 263 g/mol. The predicted molar refractivity (Wildman–Crippen MR) is 81.3 cm³/mol. The van der Waals surface area contributed by atoms with Gasteiger partial charge in [-0.1, -0.05) is 6.07 Å². The molecule has 0 amide bonds. The van der Waals surface area contributed by atoms with Crippen LogP contribution in [-0.4, -0.2) is 0 Å². The van der Waals surface area contributed by atoms with E-state index in [4.69, 9.17) is 11.0 Å². The van der Waals surface area contributed by atoms with Crippen molar-refractivity contribution in [1.29, 1.82) is 5.26 Å². The molecule has 0 radical (unpaired) electrons. The Morgan fingerprint density at radius 2 is 1.95 bits per heavy atom. The molecule has 0 saturated carbocycles. The lowest BCUT2D eigenvalue weighted by Gasteiger charge is -2.27. The molecule has 2 aromatic carbocycles. The molecule has 20 heavy (non-hydrogen) atoms. The molecule has 0 heterocycles. The first kappa shape index (κ1) is 12.6. The first-order chi connectivity index (χ1) is 9.76. The van der Waals surface area contributed by atoms with Crippen molar-refractivity contribution in [3.63, 3.8) is 0 Å². The van der Waals surface area contributed by atoms with Gasteiger partial charge in [-0.05, 0) is 66.8 Å². The molecule has 1 aliphatic carbocycles. The largest absolute Gasteiger partial charge is 0.399 e. The molecule has 3 rings (SSSR count). The number of aryl methyl sites for hydroxylation is 1. The van der Waals surface area contributed by atoms with Crippen LogP contribution in [0.3, 0.4) is 0 Å². The van der Waals surface area contributed by atoms with E-state index in [9.17, 15) is 0 Å². The number of nitrogens with zero attached hydrogens (tertiary/aromatic N) is 1. The molecule has 3 nitrogen and oxygen atoms in total. The van der Waals surface area contributed by atoms with Crippen LogP contribution in [0.4, 0.5) is 11.4 Å². The first-order valence-corrected chi connectivity index (χ1v) is 6.91. The van der Waals surface area contributed by atoms with E-state index in [1.165, 1.54) is 17.5 Å². The Balaban J connectivity index is 1.84. The number of nitrogens with one attached hydrogen (secondary N) is 1. The van der Waals surface area contributed by atoms with Gasteiger partial charge in [0.2, 0.25) is 0 Å². The molecule has 1 unspecified atom stereocenters. The number of hydrogen-bond acceptors (Lipinski definition) is 3. The van der Waals surface area contributed by atoms with Crippen LogP contribution in [0.2, 0.25) is 0 Å². The van der Waals surface area contributed by atoms with Gasteiger partial charge in [0, 0.05) is 11.4 Å². The molecular weight excluding hydrogens is 246 g/mol. The highest BCUT2D eigenvalue weighted by molar-refractivity contribution is 5.52. The Kier molecular flexibility index (Phi) is 3.30. The number of nitrogens with two attached hydrogens (primary N) is 1. The molecule has 1 atom stereocenters. The molecule has 3 N–H and O–H groups in total. The number of nitrogen functional groups attached to an aromatic ring is 1. The summed E-state index contributed by atoms with van der Waals surface area (Å²) in [6, 6.07) is 16.3. The molecule has 0 fully saturated rings. The first-order valence-electron chi connectivity index (χ1n) is 6.91. The Morgan fingerprint density at radius 1 is 1.15 bits per heavy atom. The lowest BCUT2D eigenvalue weighted by atomic mass is 9.87. The van der Waals surface area contributed by atoms with Crippen LogP contribution < -0.4 is 11.1 Å². The third-order valence-corrected chi connectivity index (χ3v) is 3.84. The van der Waals surface area contributed by atoms with Gasteiger partial charge in [-0.3, -0.25) is 0 Å². The average molecular weight is 263 g/mol. The summed E-state index contributed by atoms with van der Waals surface area (Å²) in [4.78, 5) is 0. The summed E-state index contributed by atoms with van der Waals surface area (Å²) < 4.78 is 0. The van der Waals surface area contributed by atoms with Crippen molar-refractivity contribution in [1.82, 2.24) is 0 Å². The van der Waals surface area contributed by atoms with Crippen molar-refractivity contribution in [3.05, 3.63) is 59.2 Å². The second-order valence-electron chi connectivity index (χ2n) is 5.24. The molecule has 1 aliphatic rings. The number of hydrogen-bond donors (Lipinski definition) is 2. The fraction of sp³-hybridized carbons (Fsp3) is 0.235. The molecule has 0 aliphatic heterocycles. The normalized spacial score (nSPS) is 17.1. The zero-order valence-corrected chi connectivity index (χ0v) is 11.3. The third kappa shape index (κ3) is 2.46. The quantitative estimate of drug-likeness (QED) is 0.813. The van der Waals surface area contributed by atoms with Gasteiger partial charge in [-0.25, -0.2) is 0 Å². The fourth-order valence-electron chi connectivity index (χ4n) is 2.83. The van der Waals surface area contributed by atoms with Crippen LogP contribution in [0.15, 0.2) is 42.5 Å². The van der Waals surface area contributed by atoms with Gasteiger partial charge in [0.1, 0.15) is 0 Å². The molecule has 0 spiro atoms. The van der Waals surface area contributed by atoms with Crippen LogP contribution >= 0.6 is 0 Å². The van der Waals surface area contributed by atoms with Crippen molar-refractivity contribution < 1.29 is 0 Å². The van der Waals surface area contributed by atoms with Crippen molar-refractivity contribution in [3.8, 4) is 6.07 Å². The zero-order valence-electron chi connectivity index (χ0n) is 11.3. The van der Waals surface area contributed by atoms with Gasteiger partial charge in [-0.15, -0.1) is 0 Å². The Bertz CT molecular complexity index is 653. The Labute approximate surface area is 119 Å². The van der Waals surface area contributed by atoms with Crippen LogP contribution in [0, 0.1) is 11.3 Å². The van der Waals surface area contributed by atoms with E-state index in [0.717, 1.165) is 24.2 Å². The minimum atomic E-state index is 0.326. The third-order valence-electron chi connectivity index (χ3n) is 3.84. The van der Waals surface area contributed by atoms with Crippen molar-refractivity contribution in [2.24, 2.45) is 0 Å². The van der Waals surface area contributed by atoms with E-state index < -0.39 is 0 Å². The summed E-state index contributed by atoms with van der Waals surface area (Å²) in [5.41, 5.74) is 11.1. The van der Waals surface area contributed by atoms with Crippen LogP contribution in [-0.2, 0) is 6.42 Å². The topological polar surface area (TPSA) is 61.8 Å². The zero-order chi connectivity index (χ0) is 13.9. The maximum absolute atomic E-state index is 8.82. The summed E-state index contributed by atoms with van der Waals surface area (Å²) in [6.07, 6.45) is 3.40. The van der Waals surface area contributed by atoms with E-state index in [1.54, 1.807) is 0 Å². The van der Waals surface area contributed by atoms with Crippen molar-refractivity contribution in [2.45, 2.75) is 25.3 Å². The number of fused-ring (bicyclic) bond motifs is 1. The predicted octanol–water partition coefficient (Wildman–Crippen LogP) is 3.63. The van der Waals surface area contributed by atoms with Gasteiger partial charge in [-0.2, -0.15) is 5.26 Å². The highest BCUT2D eigenvalue weighted by Gasteiger charge is 2.19. The lowest BCUT2D eigenvalue weighted by molar-refractivity contribution is 0.600. The Hall–Kier alpha value is -2.47. The van der Waals surface area contributed by atoms with Crippen molar-refractivity contribution >= 4 is 11.4 Å². The number of rotatable bonds is 2. The van der Waals surface area contributed by atoms with Gasteiger partial charge in [0.05, 0.1) is 17.7 Å². The standard InChI is InChI=1S/C17H17N3/c18-11-12-4-7-15(8-5-12)20-17-3-1-2-13-10-14(19)6-9-16(13)17/h4-10,17,20H,1-3,19H2. The van der Waals surface area contributed by atoms with Gasteiger partial charge in [0.25, 0.3) is 0 Å². The molecular formula is C17H17N3. The van der Waals surface area contributed by atoms with Gasteiger partial charge >= 0.3 is 0 Å². The molecule has 0 saturated heterocycles. The smallest absolute Gasteiger partial charge is 0.0991 e. The van der Waals surface area contributed by atoms with E-state index in [2.05, 4.69) is 23.5 Å². The molecule has 100 valence electrons.